The number of anilines is 1. The van der Waals surface area contributed by atoms with Crippen LogP contribution in [0, 0.1) is 5.92 Å². The molecule has 0 bridgehead atoms. The Bertz CT molecular complexity index is 385. The normalized spacial score (nSPS) is 25.0. The average Bonchev–Trinajstić information content (AvgIpc) is 2.70. The summed E-state index contributed by atoms with van der Waals surface area (Å²) in [4.78, 5) is 0. The number of aromatic amines is 1. The molecule has 1 atom stereocenters. The molecule has 2 heterocycles. The van der Waals surface area contributed by atoms with Crippen LogP contribution in [-0.4, -0.2) is 36.7 Å². The molecule has 2 rings (SSSR count). The molecule has 0 spiro atoms. The zero-order valence-electron chi connectivity index (χ0n) is 7.73. The van der Waals surface area contributed by atoms with Crippen molar-refractivity contribution >= 4 is 15.5 Å². The second-order valence-electron chi connectivity index (χ2n) is 3.64. The molecule has 1 unspecified atom stereocenters. The Morgan fingerprint density at radius 2 is 2.50 bits per heavy atom. The summed E-state index contributed by atoms with van der Waals surface area (Å²) in [7, 11) is -2.75. The maximum atomic E-state index is 11.2. The smallest absolute Gasteiger partial charge is 0.150 e. The van der Waals surface area contributed by atoms with E-state index in [4.69, 9.17) is 0 Å². The molecule has 5 nitrogen and oxygen atoms in total. The maximum absolute atomic E-state index is 11.2. The van der Waals surface area contributed by atoms with Gasteiger partial charge in [0.05, 0.1) is 23.4 Å². The van der Waals surface area contributed by atoms with Crippen molar-refractivity contribution in [3.63, 3.8) is 0 Å². The van der Waals surface area contributed by atoms with Gasteiger partial charge in [0, 0.05) is 12.7 Å². The van der Waals surface area contributed by atoms with E-state index in [0.717, 1.165) is 12.1 Å². The zero-order valence-corrected chi connectivity index (χ0v) is 8.55. The van der Waals surface area contributed by atoms with E-state index in [1.807, 2.05) is 0 Å². The summed E-state index contributed by atoms with van der Waals surface area (Å²) < 4.78 is 22.3. The van der Waals surface area contributed by atoms with Crippen LogP contribution >= 0.6 is 0 Å². The highest BCUT2D eigenvalue weighted by molar-refractivity contribution is 7.91. The van der Waals surface area contributed by atoms with Gasteiger partial charge in [0.1, 0.15) is 0 Å². The molecule has 1 aromatic heterocycles. The van der Waals surface area contributed by atoms with Crippen LogP contribution in [0.2, 0.25) is 0 Å². The largest absolute Gasteiger partial charge is 0.382 e. The van der Waals surface area contributed by atoms with Gasteiger partial charge < -0.3 is 5.32 Å². The third kappa shape index (κ3) is 2.25. The van der Waals surface area contributed by atoms with Crippen molar-refractivity contribution in [2.75, 3.05) is 23.4 Å². The minimum atomic E-state index is -2.75. The quantitative estimate of drug-likeness (QED) is 0.758. The van der Waals surface area contributed by atoms with Crippen molar-refractivity contribution in [2.24, 2.45) is 5.92 Å². The first kappa shape index (κ1) is 9.51. The van der Waals surface area contributed by atoms with Crippen LogP contribution in [0.25, 0.3) is 0 Å². The van der Waals surface area contributed by atoms with E-state index < -0.39 is 9.84 Å². The van der Waals surface area contributed by atoms with Gasteiger partial charge in [-0.2, -0.15) is 5.10 Å². The van der Waals surface area contributed by atoms with Crippen LogP contribution in [0.3, 0.4) is 0 Å². The molecule has 1 fully saturated rings. The van der Waals surface area contributed by atoms with E-state index in [2.05, 4.69) is 15.5 Å². The predicted molar refractivity (Wildman–Crippen MR) is 53.8 cm³/mol. The van der Waals surface area contributed by atoms with E-state index >= 15 is 0 Å². The van der Waals surface area contributed by atoms with Gasteiger partial charge in [0.25, 0.3) is 0 Å². The molecule has 14 heavy (non-hydrogen) atoms. The first-order valence-corrected chi connectivity index (χ1v) is 6.41. The molecule has 0 radical (unpaired) electrons. The summed E-state index contributed by atoms with van der Waals surface area (Å²) in [6.45, 7) is 0.707. The minimum Gasteiger partial charge on any atom is -0.382 e. The van der Waals surface area contributed by atoms with Gasteiger partial charge in [-0.1, -0.05) is 0 Å². The molecule has 1 aliphatic rings. The topological polar surface area (TPSA) is 74.8 Å². The van der Waals surface area contributed by atoms with E-state index in [1.165, 1.54) is 0 Å². The lowest BCUT2D eigenvalue weighted by atomic mass is 10.1. The molecule has 0 saturated carbocycles. The highest BCUT2D eigenvalue weighted by Gasteiger charge is 2.27. The lowest BCUT2D eigenvalue weighted by Gasteiger charge is -2.08. The van der Waals surface area contributed by atoms with E-state index in [1.54, 1.807) is 12.4 Å². The van der Waals surface area contributed by atoms with Crippen molar-refractivity contribution < 1.29 is 8.42 Å². The van der Waals surface area contributed by atoms with E-state index in [-0.39, 0.29) is 5.92 Å². The summed E-state index contributed by atoms with van der Waals surface area (Å²) in [6, 6.07) is 0. The Kier molecular flexibility index (Phi) is 2.45. The second kappa shape index (κ2) is 3.61. The molecule has 1 aromatic rings. The fraction of sp³-hybridized carbons (Fsp3) is 0.625. The summed E-state index contributed by atoms with van der Waals surface area (Å²) in [5, 5.41) is 9.63. The van der Waals surface area contributed by atoms with Gasteiger partial charge >= 0.3 is 0 Å². The van der Waals surface area contributed by atoms with Crippen LogP contribution in [0.4, 0.5) is 5.69 Å². The monoisotopic (exact) mass is 215 g/mol. The Morgan fingerprint density at radius 1 is 1.64 bits per heavy atom. The number of aromatic nitrogens is 2. The van der Waals surface area contributed by atoms with Gasteiger partial charge in [-0.15, -0.1) is 0 Å². The van der Waals surface area contributed by atoms with E-state index in [9.17, 15) is 8.42 Å². The number of rotatable bonds is 3. The SMILES string of the molecule is O=S1(=O)CCC(CNc2cn[nH]c2)C1. The highest BCUT2D eigenvalue weighted by Crippen LogP contribution is 2.18. The average molecular weight is 215 g/mol. The van der Waals surface area contributed by atoms with Crippen LogP contribution < -0.4 is 5.32 Å². The lowest BCUT2D eigenvalue weighted by Crippen LogP contribution is -2.15. The van der Waals surface area contributed by atoms with Gasteiger partial charge in [-0.3, -0.25) is 5.10 Å². The molecule has 78 valence electrons. The van der Waals surface area contributed by atoms with Crippen LogP contribution in [0.5, 0.6) is 0 Å². The van der Waals surface area contributed by atoms with Crippen molar-refractivity contribution in [3.05, 3.63) is 12.4 Å². The number of hydrogen-bond acceptors (Lipinski definition) is 4. The third-order valence-corrected chi connectivity index (χ3v) is 4.26. The first-order valence-electron chi connectivity index (χ1n) is 4.59. The molecule has 0 aromatic carbocycles. The van der Waals surface area contributed by atoms with Gasteiger partial charge in [-0.25, -0.2) is 8.42 Å². The molecule has 1 saturated heterocycles. The maximum Gasteiger partial charge on any atom is 0.150 e. The summed E-state index contributed by atoms with van der Waals surface area (Å²) in [6.07, 6.45) is 4.21. The summed E-state index contributed by atoms with van der Waals surface area (Å²) in [5.41, 5.74) is 0.911. The van der Waals surface area contributed by atoms with E-state index in [0.29, 0.717) is 18.1 Å². The number of nitrogens with zero attached hydrogens (tertiary/aromatic N) is 1. The molecule has 0 aliphatic carbocycles. The third-order valence-electron chi connectivity index (χ3n) is 2.42. The fourth-order valence-corrected chi connectivity index (χ4v) is 3.50. The second-order valence-corrected chi connectivity index (χ2v) is 5.87. The number of hydrogen-bond donors (Lipinski definition) is 2. The van der Waals surface area contributed by atoms with Gasteiger partial charge in [0.2, 0.25) is 0 Å². The highest BCUT2D eigenvalue weighted by atomic mass is 32.2. The molecule has 1 aliphatic heterocycles. The minimum absolute atomic E-state index is 0.245. The number of sulfone groups is 1. The lowest BCUT2D eigenvalue weighted by molar-refractivity contribution is 0.596. The van der Waals surface area contributed by atoms with Crippen molar-refractivity contribution in [1.29, 1.82) is 0 Å². The predicted octanol–water partition coefficient (Wildman–Crippen LogP) is 0.256. The Labute approximate surface area is 82.8 Å². The van der Waals surface area contributed by atoms with Crippen LogP contribution in [-0.2, 0) is 9.84 Å². The van der Waals surface area contributed by atoms with Crippen LogP contribution in [0.15, 0.2) is 12.4 Å². The molecular formula is C8H13N3O2S. The van der Waals surface area contributed by atoms with Gasteiger partial charge in [0.15, 0.2) is 9.84 Å². The molecular weight excluding hydrogens is 202 g/mol. The molecule has 0 amide bonds. The zero-order chi connectivity index (χ0) is 10.0. The van der Waals surface area contributed by atoms with Crippen molar-refractivity contribution in [3.8, 4) is 0 Å². The Hall–Kier alpha value is -1.04. The number of H-pyrrole nitrogens is 1. The Balaban J connectivity index is 1.83. The fourth-order valence-electron chi connectivity index (χ4n) is 1.64. The number of nitrogens with one attached hydrogen (secondary N) is 2. The standard InChI is InChI=1S/C8H13N3O2S/c12-14(13)2-1-7(6-14)3-9-8-4-10-11-5-8/h4-5,7,9H,1-3,6H2,(H,10,11). The Morgan fingerprint density at radius 3 is 3.07 bits per heavy atom. The first-order chi connectivity index (χ1) is 6.66. The van der Waals surface area contributed by atoms with Gasteiger partial charge in [-0.05, 0) is 12.3 Å². The van der Waals surface area contributed by atoms with Crippen molar-refractivity contribution in [2.45, 2.75) is 6.42 Å². The molecule has 6 heteroatoms. The summed E-state index contributed by atoms with van der Waals surface area (Å²) >= 11 is 0. The molecule has 2 N–H and O–H groups in total. The van der Waals surface area contributed by atoms with Crippen molar-refractivity contribution in [1.82, 2.24) is 10.2 Å². The summed E-state index contributed by atoms with van der Waals surface area (Å²) in [5.74, 6) is 0.901. The van der Waals surface area contributed by atoms with Crippen LogP contribution in [0.1, 0.15) is 6.42 Å².